The Bertz CT molecular complexity index is 313. The molecular formula is C7H5BrF3NO. The molecule has 0 bridgehead atoms. The number of methoxy groups -OCH3 is 1. The summed E-state index contributed by atoms with van der Waals surface area (Å²) in [6.45, 7) is 0. The van der Waals surface area contributed by atoms with Gasteiger partial charge in [0, 0.05) is 0 Å². The van der Waals surface area contributed by atoms with Crippen molar-refractivity contribution in [1.82, 2.24) is 4.98 Å². The average Bonchev–Trinajstić information content (AvgIpc) is 2.02. The van der Waals surface area contributed by atoms with Crippen molar-refractivity contribution in [2.75, 3.05) is 7.11 Å². The van der Waals surface area contributed by atoms with Crippen LogP contribution in [0.5, 0.6) is 5.75 Å². The van der Waals surface area contributed by atoms with E-state index in [1.807, 2.05) is 0 Å². The van der Waals surface area contributed by atoms with Crippen molar-refractivity contribution in [3.8, 4) is 5.75 Å². The quantitative estimate of drug-likeness (QED) is 0.770. The minimum atomic E-state index is -4.42. The molecule has 1 rings (SSSR count). The molecular weight excluding hydrogens is 251 g/mol. The van der Waals surface area contributed by atoms with Gasteiger partial charge >= 0.3 is 6.18 Å². The number of ether oxygens (including phenoxy) is 1. The third kappa shape index (κ3) is 2.33. The van der Waals surface area contributed by atoms with Crippen LogP contribution in [0.15, 0.2) is 16.7 Å². The molecule has 0 aliphatic carbocycles. The van der Waals surface area contributed by atoms with Gasteiger partial charge in [-0.25, -0.2) is 4.98 Å². The highest BCUT2D eigenvalue weighted by Gasteiger charge is 2.32. The standard InChI is InChI=1S/C7H5BrF3NO/c1-13-5-3-12-6(2-4(5)8)7(9,10)11/h2-3H,1H3. The lowest BCUT2D eigenvalue weighted by Crippen LogP contribution is -2.07. The fourth-order valence-corrected chi connectivity index (χ4v) is 1.20. The van der Waals surface area contributed by atoms with Crippen LogP contribution < -0.4 is 4.74 Å². The predicted molar refractivity (Wildman–Crippen MR) is 43.5 cm³/mol. The number of pyridine rings is 1. The molecule has 0 amide bonds. The van der Waals surface area contributed by atoms with E-state index in [1.165, 1.54) is 7.11 Å². The molecule has 6 heteroatoms. The highest BCUT2D eigenvalue weighted by molar-refractivity contribution is 9.10. The number of hydrogen-bond donors (Lipinski definition) is 0. The third-order valence-corrected chi connectivity index (χ3v) is 1.95. The SMILES string of the molecule is COc1cnc(C(F)(F)F)cc1Br. The van der Waals surface area contributed by atoms with Crippen LogP contribution in [0.4, 0.5) is 13.2 Å². The van der Waals surface area contributed by atoms with Crippen molar-refractivity contribution in [3.63, 3.8) is 0 Å². The molecule has 0 saturated carbocycles. The van der Waals surface area contributed by atoms with Crippen molar-refractivity contribution in [2.24, 2.45) is 0 Å². The molecule has 1 heterocycles. The lowest BCUT2D eigenvalue weighted by molar-refractivity contribution is -0.141. The molecule has 0 atom stereocenters. The van der Waals surface area contributed by atoms with Gasteiger partial charge in [-0.15, -0.1) is 0 Å². The minimum Gasteiger partial charge on any atom is -0.494 e. The maximum atomic E-state index is 12.1. The van der Waals surface area contributed by atoms with Crippen molar-refractivity contribution in [1.29, 1.82) is 0 Å². The Labute approximate surface area is 80.9 Å². The molecule has 0 aliphatic rings. The van der Waals surface area contributed by atoms with Crippen molar-refractivity contribution < 1.29 is 17.9 Å². The summed E-state index contributed by atoms with van der Waals surface area (Å²) in [5.41, 5.74) is -0.944. The summed E-state index contributed by atoms with van der Waals surface area (Å²) in [4.78, 5) is 3.20. The lowest BCUT2D eigenvalue weighted by atomic mass is 10.3. The fourth-order valence-electron chi connectivity index (χ4n) is 0.723. The van der Waals surface area contributed by atoms with Crippen LogP contribution in [-0.2, 0) is 6.18 Å². The highest BCUT2D eigenvalue weighted by Crippen LogP contribution is 2.32. The van der Waals surface area contributed by atoms with E-state index in [1.54, 1.807) is 0 Å². The van der Waals surface area contributed by atoms with Crippen molar-refractivity contribution in [3.05, 3.63) is 22.4 Å². The Kier molecular flexibility index (Phi) is 2.80. The molecule has 0 aliphatic heterocycles. The predicted octanol–water partition coefficient (Wildman–Crippen LogP) is 2.87. The van der Waals surface area contributed by atoms with E-state index in [0.717, 1.165) is 12.3 Å². The number of aromatic nitrogens is 1. The van der Waals surface area contributed by atoms with Crippen LogP contribution in [0.1, 0.15) is 5.69 Å². The van der Waals surface area contributed by atoms with Gasteiger partial charge in [0.1, 0.15) is 5.69 Å². The molecule has 2 nitrogen and oxygen atoms in total. The second kappa shape index (κ2) is 3.53. The van der Waals surface area contributed by atoms with Gasteiger partial charge in [-0.2, -0.15) is 13.2 Å². The Hall–Kier alpha value is -0.780. The summed E-state index contributed by atoms with van der Waals surface area (Å²) in [6, 6.07) is 0.874. The zero-order valence-corrected chi connectivity index (χ0v) is 8.11. The van der Waals surface area contributed by atoms with Gasteiger partial charge in [0.2, 0.25) is 0 Å². The first-order valence-corrected chi connectivity index (χ1v) is 4.01. The summed E-state index contributed by atoms with van der Waals surface area (Å²) in [6.07, 6.45) is -3.40. The van der Waals surface area contributed by atoms with Crippen LogP contribution in [-0.4, -0.2) is 12.1 Å². The van der Waals surface area contributed by atoms with E-state index in [4.69, 9.17) is 4.74 Å². The number of hydrogen-bond acceptors (Lipinski definition) is 2. The van der Waals surface area contributed by atoms with Crippen molar-refractivity contribution >= 4 is 15.9 Å². The van der Waals surface area contributed by atoms with Gasteiger partial charge in [-0.3, -0.25) is 0 Å². The summed E-state index contributed by atoms with van der Waals surface area (Å²) < 4.78 is 41.2. The largest absolute Gasteiger partial charge is 0.494 e. The molecule has 0 aromatic carbocycles. The second-order valence-corrected chi connectivity index (χ2v) is 3.06. The Morgan fingerprint density at radius 1 is 1.46 bits per heavy atom. The zero-order chi connectivity index (χ0) is 10.1. The average molecular weight is 256 g/mol. The van der Waals surface area contributed by atoms with Crippen LogP contribution in [0.25, 0.3) is 0 Å². The van der Waals surface area contributed by atoms with E-state index in [2.05, 4.69) is 20.9 Å². The molecule has 72 valence electrons. The number of halogens is 4. The maximum Gasteiger partial charge on any atom is 0.433 e. The molecule has 0 fully saturated rings. The molecule has 1 aromatic rings. The number of nitrogens with zero attached hydrogens (tertiary/aromatic N) is 1. The van der Waals surface area contributed by atoms with Crippen molar-refractivity contribution in [2.45, 2.75) is 6.18 Å². The van der Waals surface area contributed by atoms with Gasteiger partial charge < -0.3 is 4.74 Å². The van der Waals surface area contributed by atoms with Gasteiger partial charge in [-0.1, -0.05) is 0 Å². The lowest BCUT2D eigenvalue weighted by Gasteiger charge is -2.07. The van der Waals surface area contributed by atoms with Crippen LogP contribution in [0.3, 0.4) is 0 Å². The van der Waals surface area contributed by atoms with Gasteiger partial charge in [0.15, 0.2) is 5.75 Å². The second-order valence-electron chi connectivity index (χ2n) is 2.20. The fraction of sp³-hybridized carbons (Fsp3) is 0.286. The molecule has 0 spiro atoms. The topological polar surface area (TPSA) is 22.1 Å². The first-order chi connectivity index (χ1) is 5.95. The van der Waals surface area contributed by atoms with Gasteiger partial charge in [0.25, 0.3) is 0 Å². The minimum absolute atomic E-state index is 0.234. The van der Waals surface area contributed by atoms with E-state index < -0.39 is 11.9 Å². The monoisotopic (exact) mass is 255 g/mol. The van der Waals surface area contributed by atoms with Crippen LogP contribution in [0.2, 0.25) is 0 Å². The van der Waals surface area contributed by atoms with Gasteiger partial charge in [0.05, 0.1) is 17.8 Å². The highest BCUT2D eigenvalue weighted by atomic mass is 79.9. The third-order valence-electron chi connectivity index (χ3n) is 1.33. The van der Waals surface area contributed by atoms with Crippen LogP contribution in [0, 0.1) is 0 Å². The molecule has 1 aromatic heterocycles. The van der Waals surface area contributed by atoms with E-state index in [0.29, 0.717) is 0 Å². The summed E-state index contributed by atoms with van der Waals surface area (Å²) >= 11 is 2.93. The first kappa shape index (κ1) is 10.3. The summed E-state index contributed by atoms with van der Waals surface area (Å²) in [5, 5.41) is 0. The Morgan fingerprint density at radius 3 is 2.46 bits per heavy atom. The maximum absolute atomic E-state index is 12.1. The Morgan fingerprint density at radius 2 is 2.08 bits per heavy atom. The Balaban J connectivity index is 3.10. The zero-order valence-electron chi connectivity index (χ0n) is 6.52. The molecule has 13 heavy (non-hydrogen) atoms. The van der Waals surface area contributed by atoms with E-state index in [9.17, 15) is 13.2 Å². The summed E-state index contributed by atoms with van der Waals surface area (Å²) in [5.74, 6) is 0.271. The molecule has 0 radical (unpaired) electrons. The number of alkyl halides is 3. The number of rotatable bonds is 1. The molecule has 0 N–H and O–H groups in total. The smallest absolute Gasteiger partial charge is 0.433 e. The van der Waals surface area contributed by atoms with E-state index in [-0.39, 0.29) is 10.2 Å². The molecule has 0 unspecified atom stereocenters. The molecule has 0 saturated heterocycles. The summed E-state index contributed by atoms with van der Waals surface area (Å²) in [7, 11) is 1.36. The normalized spacial score (nSPS) is 11.5. The van der Waals surface area contributed by atoms with E-state index >= 15 is 0 Å². The first-order valence-electron chi connectivity index (χ1n) is 3.22. The van der Waals surface area contributed by atoms with Crippen LogP contribution >= 0.6 is 15.9 Å². The van der Waals surface area contributed by atoms with Gasteiger partial charge in [-0.05, 0) is 22.0 Å².